The van der Waals surface area contributed by atoms with E-state index in [0.717, 1.165) is 0 Å². The third-order valence-corrected chi connectivity index (χ3v) is 11.0. The molecule has 0 fully saturated rings. The van der Waals surface area contributed by atoms with Gasteiger partial charge in [-0.05, 0) is 136 Å². The van der Waals surface area contributed by atoms with Crippen molar-refractivity contribution < 1.29 is 0 Å². The van der Waals surface area contributed by atoms with Crippen molar-refractivity contribution in [3.05, 3.63) is 231 Å². The first-order chi connectivity index (χ1) is 27.8. The van der Waals surface area contributed by atoms with E-state index in [1.54, 1.807) is 0 Å². The minimum absolute atomic E-state index is 1.19. The second-order valence-electron chi connectivity index (χ2n) is 14.5. The van der Waals surface area contributed by atoms with Gasteiger partial charge in [0, 0.05) is 0 Å². The summed E-state index contributed by atoms with van der Waals surface area (Å²) >= 11 is 0. The van der Waals surface area contributed by atoms with E-state index >= 15 is 0 Å². The molecule has 0 bridgehead atoms. The van der Waals surface area contributed by atoms with E-state index in [1.165, 1.54) is 99.4 Å². The van der Waals surface area contributed by atoms with Crippen LogP contribution >= 0.6 is 0 Å². The monoisotopic (exact) mass is 710 g/mol. The fourth-order valence-electron chi connectivity index (χ4n) is 8.34. The van der Waals surface area contributed by atoms with Crippen molar-refractivity contribution in [2.75, 3.05) is 0 Å². The van der Waals surface area contributed by atoms with Crippen LogP contribution in [-0.4, -0.2) is 0 Å². The zero-order valence-corrected chi connectivity index (χ0v) is 30.9. The van der Waals surface area contributed by atoms with Gasteiger partial charge in [-0.3, -0.25) is 0 Å². The highest BCUT2D eigenvalue weighted by Crippen LogP contribution is 2.46. The molecule has 0 nitrogen and oxygen atoms in total. The van der Waals surface area contributed by atoms with Crippen molar-refractivity contribution in [1.29, 1.82) is 0 Å². The summed E-state index contributed by atoms with van der Waals surface area (Å²) in [5.74, 6) is 0. The summed E-state index contributed by atoms with van der Waals surface area (Å²) in [6.07, 6.45) is 0. The number of rotatable bonds is 7. The zero-order valence-electron chi connectivity index (χ0n) is 30.9. The molecule has 0 unspecified atom stereocenters. The van der Waals surface area contributed by atoms with Crippen LogP contribution in [0.2, 0.25) is 0 Å². The highest BCUT2D eigenvalue weighted by Gasteiger charge is 2.19. The molecule has 0 N–H and O–H groups in total. The molecule has 0 heterocycles. The second-order valence-corrected chi connectivity index (χ2v) is 14.5. The van der Waals surface area contributed by atoms with E-state index in [1.807, 2.05) is 0 Å². The molecule has 0 aliphatic heterocycles. The summed E-state index contributed by atoms with van der Waals surface area (Å²) in [4.78, 5) is 0. The molecule has 0 amide bonds. The molecule has 0 saturated carbocycles. The van der Waals surface area contributed by atoms with Crippen molar-refractivity contribution in [3.63, 3.8) is 0 Å². The zero-order chi connectivity index (χ0) is 37.3. The summed E-state index contributed by atoms with van der Waals surface area (Å²) in [6, 6.07) is 84.1. The van der Waals surface area contributed by atoms with Gasteiger partial charge >= 0.3 is 0 Å². The maximum absolute atomic E-state index is 2.44. The third kappa shape index (κ3) is 6.28. The van der Waals surface area contributed by atoms with Gasteiger partial charge in [0.2, 0.25) is 0 Å². The first-order valence-electron chi connectivity index (χ1n) is 19.3. The summed E-state index contributed by atoms with van der Waals surface area (Å²) < 4.78 is 0. The molecule has 56 heavy (non-hydrogen) atoms. The lowest BCUT2D eigenvalue weighted by Gasteiger charge is -2.20. The van der Waals surface area contributed by atoms with Gasteiger partial charge in [0.05, 0.1) is 0 Å². The molecule has 0 aliphatic rings. The Morgan fingerprint density at radius 2 is 0.429 bits per heavy atom. The van der Waals surface area contributed by atoms with Crippen LogP contribution in [0.5, 0.6) is 0 Å². The minimum Gasteiger partial charge on any atom is -0.0622 e. The average molecular weight is 711 g/mol. The van der Waals surface area contributed by atoms with Crippen LogP contribution in [0.3, 0.4) is 0 Å². The molecule has 10 aromatic rings. The molecule has 0 atom stereocenters. The van der Waals surface area contributed by atoms with Crippen LogP contribution in [0.1, 0.15) is 0 Å². The quantitative estimate of drug-likeness (QED) is 0.144. The van der Waals surface area contributed by atoms with Crippen molar-refractivity contribution in [3.8, 4) is 77.9 Å². The molecule has 0 heteroatoms. The Labute approximate surface area is 328 Å². The van der Waals surface area contributed by atoms with E-state index in [-0.39, 0.29) is 0 Å². The van der Waals surface area contributed by atoms with E-state index < -0.39 is 0 Å². The molecule has 0 aliphatic carbocycles. The summed E-state index contributed by atoms with van der Waals surface area (Å²) in [6.45, 7) is 0. The normalized spacial score (nSPS) is 11.2. The smallest absolute Gasteiger partial charge is 0.00259 e. The number of benzene rings is 10. The van der Waals surface area contributed by atoms with Gasteiger partial charge in [0.15, 0.2) is 0 Å². The van der Waals surface area contributed by atoms with Gasteiger partial charge < -0.3 is 0 Å². The van der Waals surface area contributed by atoms with Crippen molar-refractivity contribution in [1.82, 2.24) is 0 Å². The molecule has 0 radical (unpaired) electrons. The Hall–Kier alpha value is -7.28. The SMILES string of the molecule is c1ccc(-c2cc(-c3ccccc3)cc(-c3ccc4c(-c5cccc(-c6ccccc6)c5)c5ccccc5c(-c5cccc(-c6ccccc6)c5)c4c3)c2)cc1. The first kappa shape index (κ1) is 33.3. The van der Waals surface area contributed by atoms with E-state index in [2.05, 4.69) is 231 Å². The molecular weight excluding hydrogens is 673 g/mol. The largest absolute Gasteiger partial charge is 0.0622 e. The van der Waals surface area contributed by atoms with E-state index in [0.29, 0.717) is 0 Å². The van der Waals surface area contributed by atoms with Crippen LogP contribution in [0.15, 0.2) is 231 Å². The fourth-order valence-corrected chi connectivity index (χ4v) is 8.34. The van der Waals surface area contributed by atoms with Crippen LogP contribution in [0, 0.1) is 0 Å². The van der Waals surface area contributed by atoms with Crippen molar-refractivity contribution >= 4 is 21.5 Å². The van der Waals surface area contributed by atoms with E-state index in [4.69, 9.17) is 0 Å². The maximum atomic E-state index is 2.44. The van der Waals surface area contributed by atoms with Crippen LogP contribution in [-0.2, 0) is 0 Å². The van der Waals surface area contributed by atoms with Crippen LogP contribution < -0.4 is 0 Å². The fraction of sp³-hybridized carbons (Fsp3) is 0. The second kappa shape index (κ2) is 14.5. The molecule has 10 aromatic carbocycles. The molecule has 10 rings (SSSR count). The lowest BCUT2D eigenvalue weighted by Crippen LogP contribution is -1.93. The van der Waals surface area contributed by atoms with Gasteiger partial charge in [0.25, 0.3) is 0 Å². The Morgan fingerprint density at radius 1 is 0.143 bits per heavy atom. The molecule has 0 aromatic heterocycles. The van der Waals surface area contributed by atoms with Gasteiger partial charge in [-0.2, -0.15) is 0 Å². The standard InChI is InChI=1S/C56H38/c1-5-17-39(18-6-1)43-25-15-27-46(33-43)55-51-29-13-14-30-52(51)56(47-28-16-26-44(34-47)40-19-7-2-8-20-40)54-38-45(31-32-53(54)55)50-36-48(41-21-9-3-10-22-41)35-49(37-50)42-23-11-4-12-24-42/h1-38H. The lowest BCUT2D eigenvalue weighted by atomic mass is 9.83. The molecular formula is C56H38. The Kier molecular flexibility index (Phi) is 8.63. The van der Waals surface area contributed by atoms with Crippen molar-refractivity contribution in [2.45, 2.75) is 0 Å². The lowest BCUT2D eigenvalue weighted by molar-refractivity contribution is 1.57. The third-order valence-electron chi connectivity index (χ3n) is 11.0. The summed E-state index contributed by atoms with van der Waals surface area (Å²) in [5, 5.41) is 4.96. The summed E-state index contributed by atoms with van der Waals surface area (Å²) in [5.41, 5.74) is 17.0. The highest BCUT2D eigenvalue weighted by molar-refractivity contribution is 6.22. The van der Waals surface area contributed by atoms with E-state index in [9.17, 15) is 0 Å². The number of fused-ring (bicyclic) bond motifs is 2. The predicted molar refractivity (Wildman–Crippen MR) is 240 cm³/mol. The average Bonchev–Trinajstić information content (AvgIpc) is 3.29. The Bertz CT molecular complexity index is 2920. The predicted octanol–water partition coefficient (Wildman–Crippen LogP) is 15.7. The molecule has 262 valence electrons. The molecule has 0 saturated heterocycles. The highest BCUT2D eigenvalue weighted by atomic mass is 14.2. The first-order valence-corrected chi connectivity index (χ1v) is 19.3. The van der Waals surface area contributed by atoms with Crippen molar-refractivity contribution in [2.24, 2.45) is 0 Å². The Balaban J connectivity index is 1.26. The summed E-state index contributed by atoms with van der Waals surface area (Å²) in [7, 11) is 0. The topological polar surface area (TPSA) is 0 Å². The van der Waals surface area contributed by atoms with Crippen LogP contribution in [0.25, 0.3) is 99.4 Å². The maximum Gasteiger partial charge on any atom is -0.00259 e. The Morgan fingerprint density at radius 3 is 0.875 bits per heavy atom. The molecule has 0 spiro atoms. The van der Waals surface area contributed by atoms with Crippen LogP contribution in [0.4, 0.5) is 0 Å². The van der Waals surface area contributed by atoms with Gasteiger partial charge in [-0.1, -0.05) is 194 Å². The van der Waals surface area contributed by atoms with Gasteiger partial charge in [-0.25, -0.2) is 0 Å². The number of hydrogen-bond acceptors (Lipinski definition) is 0. The van der Waals surface area contributed by atoms with Gasteiger partial charge in [-0.15, -0.1) is 0 Å². The minimum atomic E-state index is 1.19. The number of hydrogen-bond donors (Lipinski definition) is 0. The van der Waals surface area contributed by atoms with Gasteiger partial charge in [0.1, 0.15) is 0 Å².